The summed E-state index contributed by atoms with van der Waals surface area (Å²) in [6.45, 7) is 1.15. The maximum absolute atomic E-state index is 10.8. The number of cyclic esters (lactones) is 1. The minimum absolute atomic E-state index is 0.232. The zero-order valence-corrected chi connectivity index (χ0v) is 6.04. The van der Waals surface area contributed by atoms with Crippen LogP contribution in [0.2, 0.25) is 0 Å². The number of hydrogen-bond acceptors (Lipinski definition) is 2. The molecule has 0 unspecified atom stereocenters. The highest BCUT2D eigenvalue weighted by Gasteiger charge is 2.08. The fraction of sp³-hybridized carbons (Fsp3) is 0.571. The van der Waals surface area contributed by atoms with E-state index >= 15 is 0 Å². The van der Waals surface area contributed by atoms with Crippen LogP contribution in [0.15, 0.2) is 12.2 Å². The van der Waals surface area contributed by atoms with E-state index in [1.807, 2.05) is 12.2 Å². The molecular weight excluding hydrogens is 130 g/mol. The van der Waals surface area contributed by atoms with Crippen molar-refractivity contribution in [2.45, 2.75) is 6.42 Å². The zero-order valence-electron chi connectivity index (χ0n) is 6.04. The summed E-state index contributed by atoms with van der Waals surface area (Å²) < 4.78 is 4.80. The Morgan fingerprint density at radius 2 is 2.40 bits per heavy atom. The quantitative estimate of drug-likeness (QED) is 0.471. The molecule has 0 radical (unpaired) electrons. The molecule has 0 atom stereocenters. The number of carbonyl (C=O) groups is 1. The van der Waals surface area contributed by atoms with Crippen LogP contribution in [0.25, 0.3) is 0 Å². The molecule has 1 amide bonds. The molecule has 0 bridgehead atoms. The van der Waals surface area contributed by atoms with Crippen molar-refractivity contribution in [1.29, 1.82) is 0 Å². The Bertz CT molecular complexity index is 154. The van der Waals surface area contributed by atoms with Gasteiger partial charge in [0.05, 0.1) is 0 Å². The van der Waals surface area contributed by atoms with Crippen LogP contribution in [0.4, 0.5) is 4.79 Å². The van der Waals surface area contributed by atoms with Crippen molar-refractivity contribution in [2.24, 2.45) is 0 Å². The van der Waals surface area contributed by atoms with Crippen LogP contribution >= 0.6 is 0 Å². The summed E-state index contributed by atoms with van der Waals surface area (Å²) in [5.74, 6) is 0. The minimum Gasteiger partial charge on any atom is -0.445 e. The normalized spacial score (nSPS) is 22.9. The molecule has 1 heterocycles. The van der Waals surface area contributed by atoms with Crippen LogP contribution in [0.5, 0.6) is 0 Å². The van der Waals surface area contributed by atoms with Crippen molar-refractivity contribution in [3.63, 3.8) is 0 Å². The van der Waals surface area contributed by atoms with E-state index < -0.39 is 0 Å². The summed E-state index contributed by atoms with van der Waals surface area (Å²) in [5, 5.41) is 0. The van der Waals surface area contributed by atoms with Gasteiger partial charge in [-0.25, -0.2) is 4.79 Å². The van der Waals surface area contributed by atoms with Gasteiger partial charge in [0.2, 0.25) is 0 Å². The second-order valence-corrected chi connectivity index (χ2v) is 2.26. The highest BCUT2D eigenvalue weighted by atomic mass is 16.6. The Labute approximate surface area is 60.3 Å². The Morgan fingerprint density at radius 3 is 3.20 bits per heavy atom. The van der Waals surface area contributed by atoms with Gasteiger partial charge in [0, 0.05) is 13.6 Å². The van der Waals surface area contributed by atoms with Gasteiger partial charge in [0.25, 0.3) is 0 Å². The highest BCUT2D eigenvalue weighted by Crippen LogP contribution is 1.97. The molecule has 0 aromatic heterocycles. The molecule has 0 fully saturated rings. The molecule has 0 saturated heterocycles. The molecule has 0 N–H and O–H groups in total. The fourth-order valence-corrected chi connectivity index (χ4v) is 0.775. The van der Waals surface area contributed by atoms with Gasteiger partial charge in [-0.1, -0.05) is 12.2 Å². The van der Waals surface area contributed by atoms with Crippen LogP contribution < -0.4 is 0 Å². The Hall–Kier alpha value is -0.990. The van der Waals surface area contributed by atoms with Gasteiger partial charge < -0.3 is 9.64 Å². The molecule has 0 saturated carbocycles. The molecule has 0 aromatic carbocycles. The van der Waals surface area contributed by atoms with Gasteiger partial charge in [-0.2, -0.15) is 0 Å². The number of ether oxygens (including phenoxy) is 1. The summed E-state index contributed by atoms with van der Waals surface area (Å²) in [7, 11) is 1.74. The number of carbonyl (C=O) groups excluding carboxylic acids is 1. The van der Waals surface area contributed by atoms with Gasteiger partial charge in [-0.3, -0.25) is 0 Å². The molecule has 10 heavy (non-hydrogen) atoms. The average Bonchev–Trinajstić information content (AvgIpc) is 1.92. The number of amides is 1. The number of hydrogen-bond donors (Lipinski definition) is 0. The Morgan fingerprint density at radius 1 is 1.60 bits per heavy atom. The van der Waals surface area contributed by atoms with Crippen LogP contribution in [0, 0.1) is 0 Å². The Kier molecular flexibility index (Phi) is 2.31. The molecule has 0 aliphatic carbocycles. The zero-order chi connectivity index (χ0) is 7.40. The number of nitrogens with zero attached hydrogens (tertiary/aromatic N) is 1. The van der Waals surface area contributed by atoms with Gasteiger partial charge in [-0.15, -0.1) is 0 Å². The summed E-state index contributed by atoms with van der Waals surface area (Å²) >= 11 is 0. The van der Waals surface area contributed by atoms with Crippen molar-refractivity contribution >= 4 is 6.09 Å². The molecule has 1 aliphatic heterocycles. The summed E-state index contributed by atoms with van der Waals surface area (Å²) in [5.41, 5.74) is 0. The van der Waals surface area contributed by atoms with E-state index in [0.717, 1.165) is 13.0 Å². The monoisotopic (exact) mass is 141 g/mol. The van der Waals surface area contributed by atoms with Crippen LogP contribution in [0.1, 0.15) is 6.42 Å². The first kappa shape index (κ1) is 7.12. The third-order valence-electron chi connectivity index (χ3n) is 1.41. The van der Waals surface area contributed by atoms with E-state index in [9.17, 15) is 4.79 Å². The minimum atomic E-state index is -0.232. The van der Waals surface area contributed by atoms with Crippen molar-refractivity contribution in [3.05, 3.63) is 12.2 Å². The predicted octanol–water partition coefficient (Wildman–Crippen LogP) is 1.01. The highest BCUT2D eigenvalue weighted by molar-refractivity contribution is 5.67. The maximum atomic E-state index is 10.8. The summed E-state index contributed by atoms with van der Waals surface area (Å²) in [4.78, 5) is 12.4. The lowest BCUT2D eigenvalue weighted by Crippen LogP contribution is -2.29. The molecule has 3 nitrogen and oxygen atoms in total. The first-order valence-corrected chi connectivity index (χ1v) is 3.33. The van der Waals surface area contributed by atoms with Gasteiger partial charge in [0.15, 0.2) is 0 Å². The van der Waals surface area contributed by atoms with E-state index in [-0.39, 0.29) is 6.09 Å². The van der Waals surface area contributed by atoms with Crippen molar-refractivity contribution in [1.82, 2.24) is 4.90 Å². The first-order valence-electron chi connectivity index (χ1n) is 3.33. The molecule has 56 valence electrons. The van der Waals surface area contributed by atoms with E-state index in [4.69, 9.17) is 4.74 Å². The predicted molar refractivity (Wildman–Crippen MR) is 37.7 cm³/mol. The average molecular weight is 141 g/mol. The fourth-order valence-electron chi connectivity index (χ4n) is 0.775. The third kappa shape index (κ3) is 1.76. The summed E-state index contributed by atoms with van der Waals surface area (Å²) in [6.07, 6.45) is 4.57. The van der Waals surface area contributed by atoms with Crippen LogP contribution in [-0.4, -0.2) is 31.2 Å². The maximum Gasteiger partial charge on any atom is 0.409 e. The standard InChI is InChI=1S/C7H11NO2/c1-8-5-3-2-4-6-10-7(8)9/h2,4H,3,5-6H2,1H3/b4-2+. The lowest BCUT2D eigenvalue weighted by molar-refractivity contribution is 0.120. The second kappa shape index (κ2) is 3.25. The van der Waals surface area contributed by atoms with Gasteiger partial charge >= 0.3 is 6.09 Å². The Balaban J connectivity index is 2.48. The van der Waals surface area contributed by atoms with E-state index in [1.165, 1.54) is 0 Å². The van der Waals surface area contributed by atoms with Gasteiger partial charge in [-0.05, 0) is 6.42 Å². The lowest BCUT2D eigenvalue weighted by Gasteiger charge is -2.16. The summed E-state index contributed by atoms with van der Waals surface area (Å²) in [6, 6.07) is 0. The molecule has 1 aliphatic rings. The lowest BCUT2D eigenvalue weighted by atomic mass is 10.3. The van der Waals surface area contributed by atoms with E-state index in [1.54, 1.807) is 11.9 Å². The van der Waals surface area contributed by atoms with Crippen LogP contribution in [-0.2, 0) is 4.74 Å². The van der Waals surface area contributed by atoms with Gasteiger partial charge in [0.1, 0.15) is 6.61 Å². The topological polar surface area (TPSA) is 29.5 Å². The first-order chi connectivity index (χ1) is 4.80. The molecule has 0 spiro atoms. The van der Waals surface area contributed by atoms with Crippen LogP contribution in [0.3, 0.4) is 0 Å². The van der Waals surface area contributed by atoms with E-state index in [2.05, 4.69) is 0 Å². The second-order valence-electron chi connectivity index (χ2n) is 2.26. The largest absolute Gasteiger partial charge is 0.445 e. The SMILES string of the molecule is CN1CC/C=C/COC1=O. The molecular formula is C7H11NO2. The molecule has 3 heteroatoms. The number of rotatable bonds is 0. The van der Waals surface area contributed by atoms with E-state index in [0.29, 0.717) is 6.61 Å². The molecule has 0 aromatic rings. The molecule has 1 rings (SSSR count). The van der Waals surface area contributed by atoms with Crippen molar-refractivity contribution in [2.75, 3.05) is 20.2 Å². The van der Waals surface area contributed by atoms with Crippen molar-refractivity contribution in [3.8, 4) is 0 Å². The van der Waals surface area contributed by atoms with Crippen molar-refractivity contribution < 1.29 is 9.53 Å². The third-order valence-corrected chi connectivity index (χ3v) is 1.41. The smallest absolute Gasteiger partial charge is 0.409 e.